The van der Waals surface area contributed by atoms with Crippen LogP contribution in [0.5, 0.6) is 0 Å². The van der Waals surface area contributed by atoms with E-state index in [1.165, 1.54) is 0 Å². The molecule has 0 aliphatic rings. The zero-order valence-corrected chi connectivity index (χ0v) is 12.8. The Morgan fingerprint density at radius 2 is 2.17 bits per heavy atom. The molecule has 2 aromatic heterocycles. The molecule has 0 aliphatic carbocycles. The lowest BCUT2D eigenvalue weighted by Gasteiger charge is -2.23. The maximum Gasteiger partial charge on any atom is 0.160 e. The molecule has 2 aromatic rings. The van der Waals surface area contributed by atoms with Crippen molar-refractivity contribution in [2.75, 3.05) is 6.26 Å². The van der Waals surface area contributed by atoms with Gasteiger partial charge in [0.15, 0.2) is 5.65 Å². The smallest absolute Gasteiger partial charge is 0.160 e. The standard InChI is InChI=1S/C13H18ClN3S/c1-9-5-10-12(15-7-9)17(11(6-14)16-10)8-13(2,3)18-4/h5,7H,6,8H2,1-4H3. The summed E-state index contributed by atoms with van der Waals surface area (Å²) in [6.45, 7) is 7.33. The van der Waals surface area contributed by atoms with Crippen LogP contribution in [0.1, 0.15) is 25.2 Å². The van der Waals surface area contributed by atoms with Crippen LogP contribution in [-0.4, -0.2) is 25.5 Å². The number of rotatable bonds is 4. The lowest BCUT2D eigenvalue weighted by Crippen LogP contribution is -2.23. The number of nitrogens with zero attached hydrogens (tertiary/aromatic N) is 3. The van der Waals surface area contributed by atoms with Gasteiger partial charge < -0.3 is 4.57 Å². The molecule has 5 heteroatoms. The lowest BCUT2D eigenvalue weighted by atomic mass is 10.2. The summed E-state index contributed by atoms with van der Waals surface area (Å²) in [6, 6.07) is 2.06. The van der Waals surface area contributed by atoms with Crippen LogP contribution in [0, 0.1) is 6.92 Å². The van der Waals surface area contributed by atoms with E-state index in [2.05, 4.69) is 40.7 Å². The van der Waals surface area contributed by atoms with Gasteiger partial charge in [-0.1, -0.05) is 0 Å². The molecule has 0 unspecified atom stereocenters. The Kier molecular flexibility index (Phi) is 3.87. The second-order valence-corrected chi connectivity index (χ2v) is 6.85. The molecule has 0 aliphatic heterocycles. The zero-order chi connectivity index (χ0) is 13.3. The van der Waals surface area contributed by atoms with Gasteiger partial charge in [0.05, 0.1) is 5.88 Å². The van der Waals surface area contributed by atoms with Gasteiger partial charge in [-0.05, 0) is 38.7 Å². The molecule has 0 amide bonds. The molecule has 0 saturated carbocycles. The third kappa shape index (κ3) is 2.64. The molecule has 0 N–H and O–H groups in total. The van der Waals surface area contributed by atoms with Gasteiger partial charge in [0.1, 0.15) is 11.3 Å². The van der Waals surface area contributed by atoms with E-state index in [0.717, 1.165) is 29.1 Å². The van der Waals surface area contributed by atoms with Crippen LogP contribution in [0.15, 0.2) is 12.3 Å². The van der Waals surface area contributed by atoms with Crippen molar-refractivity contribution in [3.05, 3.63) is 23.7 Å². The first-order chi connectivity index (χ1) is 8.46. The fourth-order valence-electron chi connectivity index (χ4n) is 1.87. The average molecular weight is 284 g/mol. The minimum atomic E-state index is 0.140. The van der Waals surface area contributed by atoms with Gasteiger partial charge in [-0.2, -0.15) is 11.8 Å². The highest BCUT2D eigenvalue weighted by Gasteiger charge is 2.21. The summed E-state index contributed by atoms with van der Waals surface area (Å²) >= 11 is 7.83. The van der Waals surface area contributed by atoms with Crippen LogP contribution in [0.4, 0.5) is 0 Å². The summed E-state index contributed by atoms with van der Waals surface area (Å²) in [5, 5.41) is 0. The third-order valence-electron chi connectivity index (χ3n) is 3.01. The second kappa shape index (κ2) is 5.10. The Hall–Kier alpha value is -0.740. The molecule has 0 saturated heterocycles. The summed E-state index contributed by atoms with van der Waals surface area (Å²) in [4.78, 5) is 9.07. The van der Waals surface area contributed by atoms with Crippen molar-refractivity contribution >= 4 is 34.5 Å². The monoisotopic (exact) mass is 283 g/mol. The van der Waals surface area contributed by atoms with E-state index < -0.39 is 0 Å². The van der Waals surface area contributed by atoms with Crippen molar-refractivity contribution in [3.63, 3.8) is 0 Å². The molecule has 2 rings (SSSR count). The molecule has 0 spiro atoms. The maximum atomic E-state index is 6.00. The summed E-state index contributed by atoms with van der Waals surface area (Å²) in [5.74, 6) is 1.31. The van der Waals surface area contributed by atoms with Crippen LogP contribution < -0.4 is 0 Å². The van der Waals surface area contributed by atoms with Crippen LogP contribution >= 0.6 is 23.4 Å². The molecule has 3 nitrogen and oxygen atoms in total. The van der Waals surface area contributed by atoms with Crippen molar-refractivity contribution in [3.8, 4) is 0 Å². The van der Waals surface area contributed by atoms with E-state index in [-0.39, 0.29) is 4.75 Å². The number of alkyl halides is 1. The normalized spacial score (nSPS) is 12.3. The molecule has 0 bridgehead atoms. The zero-order valence-electron chi connectivity index (χ0n) is 11.2. The van der Waals surface area contributed by atoms with Gasteiger partial charge in [-0.25, -0.2) is 9.97 Å². The van der Waals surface area contributed by atoms with Crippen molar-refractivity contribution in [1.29, 1.82) is 0 Å². The number of imidazole rings is 1. The van der Waals surface area contributed by atoms with E-state index in [0.29, 0.717) is 5.88 Å². The van der Waals surface area contributed by atoms with Crippen molar-refractivity contribution in [2.24, 2.45) is 0 Å². The van der Waals surface area contributed by atoms with Gasteiger partial charge in [-0.15, -0.1) is 11.6 Å². The van der Waals surface area contributed by atoms with Crippen LogP contribution in [0.25, 0.3) is 11.2 Å². The summed E-state index contributed by atoms with van der Waals surface area (Å²) < 4.78 is 2.28. The fourth-order valence-corrected chi connectivity index (χ4v) is 2.33. The number of aryl methyl sites for hydroxylation is 1. The third-order valence-corrected chi connectivity index (χ3v) is 4.49. The molecule has 0 radical (unpaired) electrons. The maximum absolute atomic E-state index is 6.00. The van der Waals surface area contributed by atoms with Crippen LogP contribution in [0.3, 0.4) is 0 Å². The molecule has 98 valence electrons. The second-order valence-electron chi connectivity index (χ2n) is 5.07. The number of aromatic nitrogens is 3. The first kappa shape index (κ1) is 13.7. The Labute approximate surface area is 117 Å². The van der Waals surface area contributed by atoms with E-state index in [4.69, 9.17) is 11.6 Å². The van der Waals surface area contributed by atoms with Crippen LogP contribution in [-0.2, 0) is 12.4 Å². The van der Waals surface area contributed by atoms with Crippen molar-refractivity contribution < 1.29 is 0 Å². The molecule has 0 atom stereocenters. The van der Waals surface area contributed by atoms with E-state index >= 15 is 0 Å². The molecule has 2 heterocycles. The minimum Gasteiger partial charge on any atom is -0.310 e. The molecular weight excluding hydrogens is 266 g/mol. The first-order valence-electron chi connectivity index (χ1n) is 5.90. The Balaban J connectivity index is 2.53. The van der Waals surface area contributed by atoms with E-state index in [1.807, 2.05) is 24.9 Å². The van der Waals surface area contributed by atoms with E-state index in [9.17, 15) is 0 Å². The number of hydrogen-bond donors (Lipinski definition) is 0. The SMILES string of the molecule is CSC(C)(C)Cn1c(CCl)nc2cc(C)cnc21. The van der Waals surface area contributed by atoms with Gasteiger partial charge in [0, 0.05) is 17.5 Å². The fraction of sp³-hybridized carbons (Fsp3) is 0.538. The molecule has 0 aromatic carbocycles. The molecular formula is C13H18ClN3S. The molecule has 0 fully saturated rings. The van der Waals surface area contributed by atoms with Crippen molar-refractivity contribution in [1.82, 2.24) is 14.5 Å². The number of halogens is 1. The highest BCUT2D eigenvalue weighted by atomic mass is 35.5. The number of pyridine rings is 1. The lowest BCUT2D eigenvalue weighted by molar-refractivity contribution is 0.564. The van der Waals surface area contributed by atoms with Gasteiger partial charge in [0.25, 0.3) is 0 Å². The van der Waals surface area contributed by atoms with Gasteiger partial charge >= 0.3 is 0 Å². The Bertz CT molecular complexity index is 563. The summed E-state index contributed by atoms with van der Waals surface area (Å²) in [6.07, 6.45) is 4.00. The first-order valence-corrected chi connectivity index (χ1v) is 7.65. The molecule has 18 heavy (non-hydrogen) atoms. The van der Waals surface area contributed by atoms with Gasteiger partial charge in [0.2, 0.25) is 0 Å². The Morgan fingerprint density at radius 1 is 1.44 bits per heavy atom. The number of hydrogen-bond acceptors (Lipinski definition) is 3. The number of fused-ring (bicyclic) bond motifs is 1. The predicted octanol–water partition coefficient (Wildman–Crippen LogP) is 3.62. The predicted molar refractivity (Wildman–Crippen MR) is 79.4 cm³/mol. The largest absolute Gasteiger partial charge is 0.310 e. The Morgan fingerprint density at radius 3 is 2.78 bits per heavy atom. The summed E-state index contributed by atoms with van der Waals surface area (Å²) in [7, 11) is 0. The van der Waals surface area contributed by atoms with Gasteiger partial charge in [-0.3, -0.25) is 0 Å². The van der Waals surface area contributed by atoms with Crippen molar-refractivity contribution in [2.45, 2.75) is 37.9 Å². The van der Waals surface area contributed by atoms with E-state index in [1.54, 1.807) is 0 Å². The quantitative estimate of drug-likeness (QED) is 0.803. The number of thioether (sulfide) groups is 1. The average Bonchev–Trinajstić information content (AvgIpc) is 2.66. The van der Waals surface area contributed by atoms with Crippen LogP contribution in [0.2, 0.25) is 0 Å². The summed E-state index contributed by atoms with van der Waals surface area (Å²) in [5.41, 5.74) is 2.98. The highest BCUT2D eigenvalue weighted by molar-refractivity contribution is 7.99. The highest BCUT2D eigenvalue weighted by Crippen LogP contribution is 2.26. The minimum absolute atomic E-state index is 0.140. The topological polar surface area (TPSA) is 30.7 Å².